The van der Waals surface area contributed by atoms with Gasteiger partial charge in [-0.3, -0.25) is 9.69 Å². The van der Waals surface area contributed by atoms with E-state index in [0.717, 1.165) is 6.26 Å². The molecule has 84 valence electrons. The summed E-state index contributed by atoms with van der Waals surface area (Å²) in [6.45, 7) is 2.01. The molecule has 0 spiro atoms. The molecule has 6 heteroatoms. The van der Waals surface area contributed by atoms with E-state index in [4.69, 9.17) is 5.11 Å². The first-order valence-corrected chi connectivity index (χ1v) is 6.44. The summed E-state index contributed by atoms with van der Waals surface area (Å²) in [6.07, 6.45) is 1.61. The largest absolute Gasteiger partial charge is 0.480 e. The molecule has 0 aliphatic rings. The molecule has 1 N–H and O–H groups in total. The van der Waals surface area contributed by atoms with Crippen LogP contribution in [0.15, 0.2) is 0 Å². The molecule has 0 aromatic rings. The third-order valence-corrected chi connectivity index (χ3v) is 2.94. The predicted molar refractivity (Wildman–Crippen MR) is 54.1 cm³/mol. The van der Waals surface area contributed by atoms with E-state index in [1.807, 2.05) is 0 Å². The van der Waals surface area contributed by atoms with Crippen molar-refractivity contribution in [2.45, 2.75) is 19.4 Å². The second kappa shape index (κ2) is 5.31. The van der Waals surface area contributed by atoms with Crippen LogP contribution in [-0.4, -0.2) is 56.0 Å². The molecule has 1 atom stereocenters. The van der Waals surface area contributed by atoms with Crippen LogP contribution in [0.2, 0.25) is 0 Å². The molecule has 0 heterocycles. The topological polar surface area (TPSA) is 74.7 Å². The van der Waals surface area contributed by atoms with Crippen molar-refractivity contribution in [2.75, 3.05) is 25.6 Å². The molecule has 5 nitrogen and oxygen atoms in total. The second-order valence-electron chi connectivity index (χ2n) is 3.37. The highest BCUT2D eigenvalue weighted by Gasteiger charge is 2.20. The minimum absolute atomic E-state index is 0.00667. The molecular formula is C8H17NO4S. The van der Waals surface area contributed by atoms with Crippen LogP contribution in [0.5, 0.6) is 0 Å². The number of carbonyl (C=O) groups is 1. The summed E-state index contributed by atoms with van der Waals surface area (Å²) in [5.74, 6) is -0.920. The molecule has 0 saturated heterocycles. The van der Waals surface area contributed by atoms with E-state index in [1.165, 1.54) is 0 Å². The zero-order chi connectivity index (χ0) is 11.4. The fourth-order valence-corrected chi connectivity index (χ4v) is 1.76. The smallest absolute Gasteiger partial charge is 0.320 e. The molecule has 0 aliphatic heterocycles. The maximum absolute atomic E-state index is 10.8. The Balaban J connectivity index is 4.19. The third-order valence-electron chi connectivity index (χ3n) is 2.02. The van der Waals surface area contributed by atoms with Gasteiger partial charge in [0, 0.05) is 12.8 Å². The van der Waals surface area contributed by atoms with E-state index in [0.29, 0.717) is 6.42 Å². The summed E-state index contributed by atoms with van der Waals surface area (Å²) in [6, 6.07) is -0.600. The quantitative estimate of drug-likeness (QED) is 0.676. The summed E-state index contributed by atoms with van der Waals surface area (Å²) < 4.78 is 21.7. The number of hydrogen-bond donors (Lipinski definition) is 1. The minimum Gasteiger partial charge on any atom is -0.480 e. The van der Waals surface area contributed by atoms with Gasteiger partial charge < -0.3 is 5.11 Å². The zero-order valence-corrected chi connectivity index (χ0v) is 9.54. The number of carboxylic acid groups (broad SMARTS) is 1. The van der Waals surface area contributed by atoms with Gasteiger partial charge in [-0.1, -0.05) is 6.92 Å². The van der Waals surface area contributed by atoms with Crippen molar-refractivity contribution in [3.63, 3.8) is 0 Å². The highest BCUT2D eigenvalue weighted by molar-refractivity contribution is 7.90. The van der Waals surface area contributed by atoms with Crippen LogP contribution in [0.25, 0.3) is 0 Å². The number of likely N-dealkylation sites (N-methyl/N-ethyl adjacent to an activating group) is 1. The average molecular weight is 223 g/mol. The summed E-state index contributed by atoms with van der Waals surface area (Å²) in [5.41, 5.74) is 0. The second-order valence-corrected chi connectivity index (χ2v) is 5.63. The summed E-state index contributed by atoms with van der Waals surface area (Å²) >= 11 is 0. The molecule has 0 saturated carbocycles. The van der Waals surface area contributed by atoms with Gasteiger partial charge >= 0.3 is 5.97 Å². The lowest BCUT2D eigenvalue weighted by Crippen LogP contribution is -2.40. The van der Waals surface area contributed by atoms with Crippen molar-refractivity contribution >= 4 is 15.8 Å². The standard InChI is InChI=1S/C8H17NO4S/c1-4-7(8(10)11)9(2)5-6-14(3,12)13/h7H,4-6H2,1-3H3,(H,10,11). The number of carboxylic acids is 1. The Morgan fingerprint density at radius 2 is 2.00 bits per heavy atom. The molecule has 0 fully saturated rings. The minimum atomic E-state index is -3.02. The van der Waals surface area contributed by atoms with Crippen molar-refractivity contribution in [1.29, 1.82) is 0 Å². The van der Waals surface area contributed by atoms with Crippen molar-refractivity contribution in [2.24, 2.45) is 0 Å². The van der Waals surface area contributed by atoms with E-state index < -0.39 is 21.8 Å². The van der Waals surface area contributed by atoms with Crippen molar-refractivity contribution in [1.82, 2.24) is 4.90 Å². The van der Waals surface area contributed by atoms with E-state index >= 15 is 0 Å². The van der Waals surface area contributed by atoms with Crippen molar-refractivity contribution < 1.29 is 18.3 Å². The van der Waals surface area contributed by atoms with Gasteiger partial charge in [-0.15, -0.1) is 0 Å². The van der Waals surface area contributed by atoms with Crippen LogP contribution in [-0.2, 0) is 14.6 Å². The van der Waals surface area contributed by atoms with E-state index in [-0.39, 0.29) is 12.3 Å². The third kappa shape index (κ3) is 5.18. The average Bonchev–Trinajstić information content (AvgIpc) is 2.00. The molecule has 0 amide bonds. The number of aliphatic carboxylic acids is 1. The number of sulfone groups is 1. The van der Waals surface area contributed by atoms with Crippen LogP contribution in [0.3, 0.4) is 0 Å². The van der Waals surface area contributed by atoms with Gasteiger partial charge in [0.2, 0.25) is 0 Å². The van der Waals surface area contributed by atoms with E-state index in [9.17, 15) is 13.2 Å². The molecule has 0 radical (unpaired) electrons. The first-order chi connectivity index (χ1) is 6.28. The Bertz CT molecular complexity index is 286. The molecule has 0 aromatic carbocycles. The molecule has 1 unspecified atom stereocenters. The van der Waals surface area contributed by atoms with Crippen LogP contribution < -0.4 is 0 Å². The summed E-state index contributed by atoms with van der Waals surface area (Å²) in [4.78, 5) is 12.3. The van der Waals surface area contributed by atoms with Gasteiger partial charge in [0.1, 0.15) is 15.9 Å². The van der Waals surface area contributed by atoms with Crippen molar-refractivity contribution in [3.8, 4) is 0 Å². The predicted octanol–water partition coefficient (Wildman–Crippen LogP) is -0.174. The molecule has 0 aromatic heterocycles. The Kier molecular flexibility index (Phi) is 5.07. The number of nitrogens with zero attached hydrogens (tertiary/aromatic N) is 1. The van der Waals surface area contributed by atoms with Gasteiger partial charge in [0.25, 0.3) is 0 Å². The summed E-state index contributed by atoms with van der Waals surface area (Å²) in [5, 5.41) is 8.78. The maximum Gasteiger partial charge on any atom is 0.320 e. The van der Waals surface area contributed by atoms with Crippen LogP contribution >= 0.6 is 0 Å². The maximum atomic E-state index is 10.8. The lowest BCUT2D eigenvalue weighted by atomic mass is 10.2. The van der Waals surface area contributed by atoms with Gasteiger partial charge in [0.15, 0.2) is 0 Å². The van der Waals surface area contributed by atoms with Gasteiger partial charge in [0.05, 0.1) is 5.75 Å². The first kappa shape index (κ1) is 13.4. The van der Waals surface area contributed by atoms with Crippen LogP contribution in [0.1, 0.15) is 13.3 Å². The lowest BCUT2D eigenvalue weighted by Gasteiger charge is -2.22. The monoisotopic (exact) mass is 223 g/mol. The molecular weight excluding hydrogens is 206 g/mol. The Morgan fingerprint density at radius 3 is 2.29 bits per heavy atom. The van der Waals surface area contributed by atoms with Gasteiger partial charge in [-0.05, 0) is 13.5 Å². The molecule has 0 aliphatic carbocycles. The molecule has 0 rings (SSSR count). The van der Waals surface area contributed by atoms with Crippen molar-refractivity contribution in [3.05, 3.63) is 0 Å². The Labute approximate surface area is 84.6 Å². The number of rotatable bonds is 6. The Hall–Kier alpha value is -0.620. The zero-order valence-electron chi connectivity index (χ0n) is 8.73. The molecule has 14 heavy (non-hydrogen) atoms. The number of hydrogen-bond acceptors (Lipinski definition) is 4. The normalized spacial score (nSPS) is 14.3. The highest BCUT2D eigenvalue weighted by atomic mass is 32.2. The van der Waals surface area contributed by atoms with E-state index in [1.54, 1.807) is 18.9 Å². The lowest BCUT2D eigenvalue weighted by molar-refractivity contribution is -0.142. The van der Waals surface area contributed by atoms with Gasteiger partial charge in [-0.2, -0.15) is 0 Å². The molecule has 0 bridgehead atoms. The highest BCUT2D eigenvalue weighted by Crippen LogP contribution is 2.01. The SMILES string of the molecule is CCC(C(=O)O)N(C)CCS(C)(=O)=O. The summed E-state index contributed by atoms with van der Waals surface area (Å²) in [7, 11) is -1.40. The van der Waals surface area contributed by atoms with Crippen LogP contribution in [0, 0.1) is 0 Å². The first-order valence-electron chi connectivity index (χ1n) is 4.38. The fourth-order valence-electron chi connectivity index (χ4n) is 1.14. The Morgan fingerprint density at radius 1 is 1.50 bits per heavy atom. The van der Waals surface area contributed by atoms with E-state index in [2.05, 4.69) is 0 Å². The fraction of sp³-hybridized carbons (Fsp3) is 0.875. The van der Waals surface area contributed by atoms with Crippen LogP contribution in [0.4, 0.5) is 0 Å². The van der Waals surface area contributed by atoms with Gasteiger partial charge in [-0.25, -0.2) is 8.42 Å².